The first kappa shape index (κ1) is 19.5. The molecule has 5 heteroatoms. The molecule has 0 radical (unpaired) electrons. The van der Waals surface area contributed by atoms with Gasteiger partial charge in [0.1, 0.15) is 5.78 Å². The summed E-state index contributed by atoms with van der Waals surface area (Å²) in [6.45, 7) is 12.6. The van der Waals surface area contributed by atoms with Crippen LogP contribution in [0.5, 0.6) is 0 Å². The molecule has 0 aromatic carbocycles. The van der Waals surface area contributed by atoms with E-state index in [-0.39, 0.29) is 47.1 Å². The van der Waals surface area contributed by atoms with Gasteiger partial charge in [-0.25, -0.2) is 0 Å². The largest absolute Gasteiger partial charge is 0.393 e. The molecule has 0 amide bonds. The van der Waals surface area contributed by atoms with Crippen LogP contribution in [0.25, 0.3) is 0 Å². The Morgan fingerprint density at radius 2 is 1.71 bits per heavy atom. The second-order valence-corrected chi connectivity index (χ2v) is 11.8. The predicted octanol–water partition coefficient (Wildman–Crippen LogP) is 2.92. The van der Waals surface area contributed by atoms with Crippen LogP contribution in [0.4, 0.5) is 0 Å². The number of hydrogen-bond acceptors (Lipinski definition) is 5. The lowest BCUT2D eigenvalue weighted by Crippen LogP contribution is -2.76. The van der Waals surface area contributed by atoms with E-state index in [1.165, 1.54) is 0 Å². The van der Waals surface area contributed by atoms with E-state index >= 15 is 0 Å². The average molecular weight is 393 g/mol. The highest BCUT2D eigenvalue weighted by molar-refractivity contribution is 5.92. The van der Waals surface area contributed by atoms with Crippen LogP contribution in [0.2, 0.25) is 0 Å². The van der Waals surface area contributed by atoms with Gasteiger partial charge in [0.05, 0.1) is 29.8 Å². The lowest BCUT2D eigenvalue weighted by Gasteiger charge is -2.70. The molecule has 158 valence electrons. The Labute approximate surface area is 168 Å². The van der Waals surface area contributed by atoms with Crippen LogP contribution in [0.3, 0.4) is 0 Å². The molecule has 1 saturated heterocycles. The van der Waals surface area contributed by atoms with Gasteiger partial charge in [0.25, 0.3) is 0 Å². The minimum Gasteiger partial charge on any atom is -0.393 e. The SMILES string of the molecule is C[C@@H]1C(=O)[C@@]23[C@@H]4OC(C)(C)O[C@@H]2C[C@@H]2C(C)(C)CC[C@@H](O)[C@@]2(C)[C@@H]3[C@@H](O)C[C@@H]14. The van der Waals surface area contributed by atoms with E-state index in [0.717, 1.165) is 19.3 Å². The van der Waals surface area contributed by atoms with Gasteiger partial charge in [0.2, 0.25) is 0 Å². The molecule has 5 rings (SSSR count). The summed E-state index contributed by atoms with van der Waals surface area (Å²) in [7, 11) is 0. The van der Waals surface area contributed by atoms with Gasteiger partial charge in [0, 0.05) is 17.3 Å². The van der Waals surface area contributed by atoms with Crippen LogP contribution < -0.4 is 0 Å². The standard InChI is InChI=1S/C23H36O5/c1-11-12-9-13(24)17-22(6)14(20(2,3)8-7-15(22)25)10-16-23(17,18(11)26)19(12)28-21(4,5)27-16/h11-17,19,24-25H,7-10H2,1-6H3/t11-,12-,13-,14+,15+,16+,17-,19+,22-,23+/m0/s1. The van der Waals surface area contributed by atoms with Crippen molar-refractivity contribution < 1.29 is 24.5 Å². The van der Waals surface area contributed by atoms with Gasteiger partial charge >= 0.3 is 0 Å². The summed E-state index contributed by atoms with van der Waals surface area (Å²) < 4.78 is 12.9. The van der Waals surface area contributed by atoms with Crippen molar-refractivity contribution in [1.82, 2.24) is 0 Å². The van der Waals surface area contributed by atoms with Gasteiger partial charge < -0.3 is 19.7 Å². The predicted molar refractivity (Wildman–Crippen MR) is 103 cm³/mol. The number of aliphatic hydroxyl groups excluding tert-OH is 2. The van der Waals surface area contributed by atoms with Crippen molar-refractivity contribution in [3.63, 3.8) is 0 Å². The summed E-state index contributed by atoms with van der Waals surface area (Å²) in [5.74, 6) is -0.794. The third-order valence-electron chi connectivity index (χ3n) is 9.72. The first-order valence-corrected chi connectivity index (χ1v) is 11.1. The topological polar surface area (TPSA) is 76.0 Å². The molecule has 1 spiro atoms. The minimum atomic E-state index is -0.836. The zero-order valence-corrected chi connectivity index (χ0v) is 18.1. The Balaban J connectivity index is 1.75. The van der Waals surface area contributed by atoms with E-state index < -0.39 is 28.8 Å². The van der Waals surface area contributed by atoms with Crippen molar-refractivity contribution in [2.75, 3.05) is 0 Å². The fraction of sp³-hybridized carbons (Fsp3) is 0.957. The molecule has 28 heavy (non-hydrogen) atoms. The van der Waals surface area contributed by atoms with Crippen molar-refractivity contribution in [3.05, 3.63) is 0 Å². The Morgan fingerprint density at radius 1 is 1.04 bits per heavy atom. The smallest absolute Gasteiger partial charge is 0.163 e. The molecule has 4 saturated carbocycles. The number of Topliss-reactive ketones (excluding diaryl/α,β-unsaturated/α-hetero) is 1. The highest BCUT2D eigenvalue weighted by Crippen LogP contribution is 2.73. The highest BCUT2D eigenvalue weighted by Gasteiger charge is 2.80. The first-order chi connectivity index (χ1) is 12.9. The Morgan fingerprint density at radius 3 is 2.39 bits per heavy atom. The van der Waals surface area contributed by atoms with Crippen LogP contribution in [0, 0.1) is 39.9 Å². The summed E-state index contributed by atoms with van der Waals surface area (Å²) in [5.41, 5.74) is -1.33. The normalized spacial score (nSPS) is 58.8. The number of ether oxygens (including phenoxy) is 2. The second kappa shape index (κ2) is 5.40. The van der Waals surface area contributed by atoms with E-state index in [2.05, 4.69) is 20.8 Å². The van der Waals surface area contributed by atoms with Crippen LogP contribution in [0.15, 0.2) is 0 Å². The summed E-state index contributed by atoms with van der Waals surface area (Å²) >= 11 is 0. The Bertz CT molecular complexity index is 716. The van der Waals surface area contributed by atoms with Gasteiger partial charge in [-0.1, -0.05) is 27.7 Å². The third-order valence-corrected chi connectivity index (χ3v) is 9.72. The molecule has 2 N–H and O–H groups in total. The Kier molecular flexibility index (Phi) is 3.76. The molecule has 0 unspecified atom stereocenters. The fourth-order valence-electron chi connectivity index (χ4n) is 8.69. The number of carbonyl (C=O) groups is 1. The lowest BCUT2D eigenvalue weighted by atomic mass is 9.38. The molecule has 1 aliphatic heterocycles. The molecule has 5 aliphatic rings. The highest BCUT2D eigenvalue weighted by atomic mass is 16.7. The fourth-order valence-corrected chi connectivity index (χ4v) is 8.69. The average Bonchev–Trinajstić information content (AvgIpc) is 2.72. The van der Waals surface area contributed by atoms with E-state index in [1.54, 1.807) is 0 Å². The molecule has 10 atom stereocenters. The molecule has 1 heterocycles. The number of hydrogen-bond donors (Lipinski definition) is 2. The van der Waals surface area contributed by atoms with E-state index in [0.29, 0.717) is 6.42 Å². The van der Waals surface area contributed by atoms with Gasteiger partial charge in [0.15, 0.2) is 5.79 Å². The summed E-state index contributed by atoms with van der Waals surface area (Å²) in [6.07, 6.45) is 1.37. The van der Waals surface area contributed by atoms with E-state index in [4.69, 9.17) is 9.47 Å². The summed E-state index contributed by atoms with van der Waals surface area (Å²) in [5, 5.41) is 22.7. The molecule has 0 aromatic heterocycles. The van der Waals surface area contributed by atoms with E-state index in [1.807, 2.05) is 20.8 Å². The van der Waals surface area contributed by atoms with Crippen LogP contribution in [-0.4, -0.2) is 46.2 Å². The quantitative estimate of drug-likeness (QED) is 0.663. The van der Waals surface area contributed by atoms with Crippen molar-refractivity contribution in [3.8, 4) is 0 Å². The third kappa shape index (κ3) is 2.00. The van der Waals surface area contributed by atoms with Gasteiger partial charge in [-0.2, -0.15) is 0 Å². The van der Waals surface area contributed by atoms with Crippen molar-refractivity contribution >= 4 is 5.78 Å². The number of ketones is 1. The van der Waals surface area contributed by atoms with Gasteiger partial charge in [-0.3, -0.25) is 4.79 Å². The zero-order valence-electron chi connectivity index (χ0n) is 18.1. The maximum Gasteiger partial charge on any atom is 0.163 e. The number of fused-ring (bicyclic) bond motifs is 2. The van der Waals surface area contributed by atoms with Crippen molar-refractivity contribution in [2.24, 2.45) is 39.9 Å². The molecular weight excluding hydrogens is 356 g/mol. The molecule has 5 fully saturated rings. The monoisotopic (exact) mass is 392 g/mol. The summed E-state index contributed by atoms with van der Waals surface area (Å²) in [4.78, 5) is 13.8. The van der Waals surface area contributed by atoms with Gasteiger partial charge in [-0.05, 0) is 56.8 Å². The molecule has 2 bridgehead atoms. The first-order valence-electron chi connectivity index (χ1n) is 11.1. The minimum absolute atomic E-state index is 0.0262. The molecule has 4 aliphatic carbocycles. The Hall–Kier alpha value is -0.490. The number of rotatable bonds is 0. The van der Waals surface area contributed by atoms with Crippen LogP contribution in [-0.2, 0) is 14.3 Å². The van der Waals surface area contributed by atoms with Crippen molar-refractivity contribution in [1.29, 1.82) is 0 Å². The van der Waals surface area contributed by atoms with Crippen LogP contribution in [0.1, 0.15) is 67.2 Å². The van der Waals surface area contributed by atoms with E-state index in [9.17, 15) is 15.0 Å². The molecule has 5 nitrogen and oxygen atoms in total. The molecular formula is C23H36O5. The number of aliphatic hydroxyl groups is 2. The van der Waals surface area contributed by atoms with Crippen LogP contribution >= 0.6 is 0 Å². The second-order valence-electron chi connectivity index (χ2n) is 11.8. The molecule has 0 aromatic rings. The zero-order chi connectivity index (χ0) is 20.4. The van der Waals surface area contributed by atoms with Gasteiger partial charge in [-0.15, -0.1) is 0 Å². The lowest BCUT2D eigenvalue weighted by molar-refractivity contribution is -0.394. The maximum absolute atomic E-state index is 13.8. The summed E-state index contributed by atoms with van der Waals surface area (Å²) in [6, 6.07) is 0. The maximum atomic E-state index is 13.8. The van der Waals surface area contributed by atoms with Crippen molar-refractivity contribution in [2.45, 2.75) is 97.4 Å². The number of carbonyl (C=O) groups excluding carboxylic acids is 1.